The highest BCUT2D eigenvalue weighted by molar-refractivity contribution is 6.38. The molecule has 0 bridgehead atoms. The van der Waals surface area contributed by atoms with Gasteiger partial charge in [0.2, 0.25) is 11.7 Å². The molecule has 0 heterocycles. The number of nitrogens with one attached hydrogen (secondary N) is 3. The Bertz CT molecular complexity index is 716. The van der Waals surface area contributed by atoms with Crippen LogP contribution in [-0.2, 0) is 20.8 Å². The topological polar surface area (TPSA) is 125 Å². The minimum Gasteiger partial charge on any atom is -0.465 e. The third-order valence-corrected chi connectivity index (χ3v) is 4.37. The van der Waals surface area contributed by atoms with E-state index in [0.717, 1.165) is 18.4 Å². The number of hydrogen-bond donors (Lipinski definition) is 4. The molecule has 8 heteroatoms. The number of ketones is 1. The van der Waals surface area contributed by atoms with Crippen molar-refractivity contribution in [3.8, 4) is 0 Å². The van der Waals surface area contributed by atoms with Crippen molar-refractivity contribution in [3.63, 3.8) is 0 Å². The first-order valence-electron chi connectivity index (χ1n) is 9.44. The molecule has 1 aromatic rings. The zero-order valence-electron chi connectivity index (χ0n) is 16.1. The summed E-state index contributed by atoms with van der Waals surface area (Å²) in [5.41, 5.74) is 0.784. The van der Waals surface area contributed by atoms with Crippen molar-refractivity contribution in [2.45, 2.75) is 57.7 Å². The van der Waals surface area contributed by atoms with Gasteiger partial charge in [0, 0.05) is 12.5 Å². The molecule has 1 aromatic carbocycles. The van der Waals surface area contributed by atoms with E-state index in [1.807, 2.05) is 19.9 Å². The molecule has 2 rings (SSSR count). The van der Waals surface area contributed by atoms with Crippen LogP contribution >= 0.6 is 0 Å². The van der Waals surface area contributed by atoms with Gasteiger partial charge in [0.25, 0.3) is 5.91 Å². The molecule has 0 aliphatic heterocycles. The largest absolute Gasteiger partial charge is 0.465 e. The van der Waals surface area contributed by atoms with Crippen LogP contribution in [0.1, 0.15) is 38.7 Å². The van der Waals surface area contributed by atoms with Crippen LogP contribution in [0.3, 0.4) is 0 Å². The average molecular weight is 389 g/mol. The van der Waals surface area contributed by atoms with E-state index in [1.54, 1.807) is 24.3 Å². The Balaban J connectivity index is 2.13. The standard InChI is InChI=1S/C20H27N3O5/c1-12(2)10-16(23-20(27)28)18(25)22-15(11-13-6-4-3-5-7-13)17(24)19(26)21-14-8-9-14/h3-7,12,14-16,23H,8-11H2,1-2H3,(H,21,26)(H,22,25)(H,27,28). The Morgan fingerprint density at radius 2 is 1.68 bits per heavy atom. The fraction of sp³-hybridized carbons (Fsp3) is 0.500. The molecule has 2 unspecified atom stereocenters. The molecule has 4 N–H and O–H groups in total. The summed E-state index contributed by atoms with van der Waals surface area (Å²) in [6, 6.07) is 6.97. The third-order valence-electron chi connectivity index (χ3n) is 4.37. The lowest BCUT2D eigenvalue weighted by atomic mass is 9.99. The van der Waals surface area contributed by atoms with E-state index >= 15 is 0 Å². The number of benzene rings is 1. The summed E-state index contributed by atoms with van der Waals surface area (Å²) in [5, 5.41) is 16.4. The molecule has 1 fully saturated rings. The molecule has 152 valence electrons. The summed E-state index contributed by atoms with van der Waals surface area (Å²) in [6.45, 7) is 3.72. The van der Waals surface area contributed by atoms with Crippen molar-refractivity contribution >= 4 is 23.7 Å². The highest BCUT2D eigenvalue weighted by atomic mass is 16.4. The number of carbonyl (C=O) groups excluding carboxylic acids is 3. The maximum Gasteiger partial charge on any atom is 0.405 e. The van der Waals surface area contributed by atoms with Crippen molar-refractivity contribution < 1.29 is 24.3 Å². The van der Waals surface area contributed by atoms with Crippen LogP contribution in [0.5, 0.6) is 0 Å². The molecular weight excluding hydrogens is 362 g/mol. The Hall–Kier alpha value is -2.90. The Kier molecular flexibility index (Phi) is 7.54. The van der Waals surface area contributed by atoms with E-state index in [4.69, 9.17) is 5.11 Å². The van der Waals surface area contributed by atoms with E-state index in [0.29, 0.717) is 0 Å². The summed E-state index contributed by atoms with van der Waals surface area (Å²) in [7, 11) is 0. The van der Waals surface area contributed by atoms with Gasteiger partial charge in [-0.15, -0.1) is 0 Å². The zero-order chi connectivity index (χ0) is 20.7. The van der Waals surface area contributed by atoms with Gasteiger partial charge in [-0.2, -0.15) is 0 Å². The number of amides is 3. The second kappa shape index (κ2) is 9.87. The molecule has 3 amide bonds. The van der Waals surface area contributed by atoms with Crippen LogP contribution in [-0.4, -0.2) is 46.9 Å². The lowest BCUT2D eigenvalue weighted by Crippen LogP contribution is -2.54. The number of hydrogen-bond acceptors (Lipinski definition) is 4. The van der Waals surface area contributed by atoms with Gasteiger partial charge in [0.1, 0.15) is 12.1 Å². The zero-order valence-corrected chi connectivity index (χ0v) is 16.1. The number of carboxylic acid groups (broad SMARTS) is 1. The fourth-order valence-corrected chi connectivity index (χ4v) is 2.83. The van der Waals surface area contributed by atoms with Crippen LogP contribution in [0.2, 0.25) is 0 Å². The highest BCUT2D eigenvalue weighted by Gasteiger charge is 2.33. The van der Waals surface area contributed by atoms with Crippen LogP contribution in [0.4, 0.5) is 4.79 Å². The van der Waals surface area contributed by atoms with Gasteiger partial charge in [-0.25, -0.2) is 4.79 Å². The van der Waals surface area contributed by atoms with Gasteiger partial charge >= 0.3 is 6.09 Å². The number of Topliss-reactive ketones (excluding diaryl/α,β-unsaturated/α-hetero) is 1. The third kappa shape index (κ3) is 7.02. The molecule has 28 heavy (non-hydrogen) atoms. The minimum absolute atomic E-state index is 0.0203. The molecule has 1 aliphatic rings. The quantitative estimate of drug-likeness (QED) is 0.448. The Morgan fingerprint density at radius 1 is 1.04 bits per heavy atom. The summed E-state index contributed by atoms with van der Waals surface area (Å²) in [4.78, 5) is 48.5. The lowest BCUT2D eigenvalue weighted by molar-refractivity contribution is -0.140. The number of carbonyl (C=O) groups is 4. The Labute approximate surface area is 164 Å². The molecule has 2 atom stereocenters. The second-order valence-corrected chi connectivity index (χ2v) is 7.49. The highest BCUT2D eigenvalue weighted by Crippen LogP contribution is 2.18. The van der Waals surface area contributed by atoms with Gasteiger partial charge in [-0.3, -0.25) is 14.4 Å². The van der Waals surface area contributed by atoms with Gasteiger partial charge in [-0.1, -0.05) is 44.2 Å². The van der Waals surface area contributed by atoms with Gasteiger partial charge in [0.15, 0.2) is 0 Å². The summed E-state index contributed by atoms with van der Waals surface area (Å²) < 4.78 is 0. The first kappa shape index (κ1) is 21.4. The van der Waals surface area contributed by atoms with E-state index in [1.165, 1.54) is 0 Å². The fourth-order valence-electron chi connectivity index (χ4n) is 2.83. The van der Waals surface area contributed by atoms with Gasteiger partial charge in [-0.05, 0) is 30.7 Å². The smallest absolute Gasteiger partial charge is 0.405 e. The van der Waals surface area contributed by atoms with Crippen LogP contribution in [0.15, 0.2) is 30.3 Å². The predicted molar refractivity (Wildman–Crippen MR) is 103 cm³/mol. The lowest BCUT2D eigenvalue weighted by Gasteiger charge is -2.23. The van der Waals surface area contributed by atoms with Crippen molar-refractivity contribution in [1.29, 1.82) is 0 Å². The van der Waals surface area contributed by atoms with Crippen molar-refractivity contribution in [2.24, 2.45) is 5.92 Å². The number of rotatable bonds is 10. The van der Waals surface area contributed by atoms with Crippen molar-refractivity contribution in [2.75, 3.05) is 0 Å². The van der Waals surface area contributed by atoms with E-state index in [2.05, 4.69) is 16.0 Å². The average Bonchev–Trinajstić information content (AvgIpc) is 3.44. The van der Waals surface area contributed by atoms with Crippen LogP contribution < -0.4 is 16.0 Å². The Morgan fingerprint density at radius 3 is 2.21 bits per heavy atom. The molecule has 0 spiro atoms. The summed E-state index contributed by atoms with van der Waals surface area (Å²) in [6.07, 6.45) is 0.781. The molecule has 8 nitrogen and oxygen atoms in total. The van der Waals surface area contributed by atoms with Crippen LogP contribution in [0, 0.1) is 5.92 Å². The van der Waals surface area contributed by atoms with E-state index in [9.17, 15) is 19.2 Å². The molecule has 1 saturated carbocycles. The SMILES string of the molecule is CC(C)CC(NC(=O)O)C(=O)NC(Cc1ccccc1)C(=O)C(=O)NC1CC1. The van der Waals surface area contributed by atoms with Crippen LogP contribution in [0.25, 0.3) is 0 Å². The normalized spacial score (nSPS) is 15.4. The first-order chi connectivity index (χ1) is 13.3. The van der Waals surface area contributed by atoms with Crippen molar-refractivity contribution in [1.82, 2.24) is 16.0 Å². The monoisotopic (exact) mass is 389 g/mol. The van der Waals surface area contributed by atoms with E-state index in [-0.39, 0.29) is 24.8 Å². The molecule has 0 aromatic heterocycles. The molecule has 1 aliphatic carbocycles. The van der Waals surface area contributed by atoms with E-state index < -0.39 is 35.8 Å². The summed E-state index contributed by atoms with van der Waals surface area (Å²) >= 11 is 0. The molecular formula is C20H27N3O5. The van der Waals surface area contributed by atoms with Gasteiger partial charge < -0.3 is 21.1 Å². The molecule has 0 saturated heterocycles. The van der Waals surface area contributed by atoms with Crippen molar-refractivity contribution in [3.05, 3.63) is 35.9 Å². The first-order valence-corrected chi connectivity index (χ1v) is 9.44. The predicted octanol–water partition coefficient (Wildman–Crippen LogP) is 1.24. The second-order valence-electron chi connectivity index (χ2n) is 7.49. The molecule has 0 radical (unpaired) electrons. The van der Waals surface area contributed by atoms with Gasteiger partial charge in [0.05, 0.1) is 0 Å². The minimum atomic E-state index is -1.32. The maximum atomic E-state index is 12.7. The maximum absolute atomic E-state index is 12.7. The summed E-state index contributed by atoms with van der Waals surface area (Å²) in [5.74, 6) is -2.02.